The first-order valence-corrected chi connectivity index (χ1v) is 2.67. The van der Waals surface area contributed by atoms with Gasteiger partial charge in [-0.3, -0.25) is 0 Å². The maximum atomic E-state index is 5.23. The lowest BCUT2D eigenvalue weighted by Crippen LogP contribution is -1.93. The van der Waals surface area contributed by atoms with Crippen LogP contribution in [0.1, 0.15) is 20.3 Å². The van der Waals surface area contributed by atoms with E-state index in [9.17, 15) is 0 Å². The molecule has 0 radical (unpaired) electrons. The van der Waals surface area contributed by atoms with E-state index in [1.165, 1.54) is 5.57 Å². The van der Waals surface area contributed by atoms with Crippen LogP contribution in [0, 0.1) is 0 Å². The van der Waals surface area contributed by atoms with Crippen LogP contribution >= 0.6 is 0 Å². The van der Waals surface area contributed by atoms with Gasteiger partial charge in [0.1, 0.15) is 0 Å². The molecule has 0 bridgehead atoms. The van der Waals surface area contributed by atoms with E-state index < -0.39 is 0 Å². The zero-order chi connectivity index (χ0) is 5.70. The molecule has 0 aromatic carbocycles. The van der Waals surface area contributed by atoms with Gasteiger partial charge in [0.25, 0.3) is 0 Å². The SMILES string of the molecule is CCC(C)=CCN. The number of rotatable bonds is 2. The standard InChI is InChI=1S/C6H13N/c1-3-6(2)4-5-7/h4H,3,5,7H2,1-2H3. The molecule has 0 saturated carbocycles. The second-order valence-corrected chi connectivity index (χ2v) is 1.64. The Morgan fingerprint density at radius 2 is 2.29 bits per heavy atom. The van der Waals surface area contributed by atoms with Crippen LogP contribution in [0.15, 0.2) is 11.6 Å². The Bertz CT molecular complexity index is 64.6. The average molecular weight is 99.2 g/mol. The van der Waals surface area contributed by atoms with Crippen LogP contribution in [0.25, 0.3) is 0 Å². The van der Waals surface area contributed by atoms with Crippen molar-refractivity contribution in [3.63, 3.8) is 0 Å². The highest BCUT2D eigenvalue weighted by molar-refractivity contribution is 4.96. The first kappa shape index (κ1) is 6.70. The van der Waals surface area contributed by atoms with Crippen molar-refractivity contribution in [3.8, 4) is 0 Å². The molecule has 0 aromatic heterocycles. The van der Waals surface area contributed by atoms with Crippen molar-refractivity contribution in [1.82, 2.24) is 0 Å². The molecule has 0 saturated heterocycles. The Morgan fingerprint density at radius 1 is 1.71 bits per heavy atom. The van der Waals surface area contributed by atoms with E-state index in [4.69, 9.17) is 5.73 Å². The molecular formula is C6H13N. The van der Waals surface area contributed by atoms with Crippen molar-refractivity contribution in [3.05, 3.63) is 11.6 Å². The topological polar surface area (TPSA) is 26.0 Å². The molecule has 0 unspecified atom stereocenters. The smallest absolute Gasteiger partial charge is 0.0109 e. The molecule has 0 heterocycles. The Labute approximate surface area is 45.2 Å². The highest BCUT2D eigenvalue weighted by Crippen LogP contribution is 1.94. The van der Waals surface area contributed by atoms with Crippen LogP contribution in [0.4, 0.5) is 0 Å². The van der Waals surface area contributed by atoms with E-state index in [0.717, 1.165) is 6.42 Å². The Hall–Kier alpha value is -0.300. The summed E-state index contributed by atoms with van der Waals surface area (Å²) in [6.45, 7) is 4.90. The fourth-order valence-electron chi connectivity index (χ4n) is 0.346. The van der Waals surface area contributed by atoms with Crippen LogP contribution in [0.3, 0.4) is 0 Å². The summed E-state index contributed by atoms with van der Waals surface area (Å²) < 4.78 is 0. The van der Waals surface area contributed by atoms with Gasteiger partial charge in [0, 0.05) is 6.54 Å². The normalized spacial score (nSPS) is 12.1. The minimum absolute atomic E-state index is 0.680. The average Bonchev–Trinajstić information content (AvgIpc) is 1.68. The van der Waals surface area contributed by atoms with Crippen molar-refractivity contribution in [2.75, 3.05) is 6.54 Å². The van der Waals surface area contributed by atoms with Gasteiger partial charge in [0.2, 0.25) is 0 Å². The third kappa shape index (κ3) is 3.53. The minimum atomic E-state index is 0.680. The maximum Gasteiger partial charge on any atom is 0.0109 e. The van der Waals surface area contributed by atoms with Crippen LogP contribution in [0.5, 0.6) is 0 Å². The quantitative estimate of drug-likeness (QED) is 0.519. The number of allylic oxidation sites excluding steroid dienone is 1. The molecule has 7 heavy (non-hydrogen) atoms. The van der Waals surface area contributed by atoms with Crippen molar-refractivity contribution in [2.24, 2.45) is 5.73 Å². The zero-order valence-electron chi connectivity index (χ0n) is 5.07. The summed E-state index contributed by atoms with van der Waals surface area (Å²) in [5, 5.41) is 0. The largest absolute Gasteiger partial charge is 0.327 e. The zero-order valence-corrected chi connectivity index (χ0v) is 5.07. The van der Waals surface area contributed by atoms with E-state index >= 15 is 0 Å². The second-order valence-electron chi connectivity index (χ2n) is 1.64. The van der Waals surface area contributed by atoms with E-state index in [2.05, 4.69) is 13.8 Å². The first-order valence-electron chi connectivity index (χ1n) is 2.67. The minimum Gasteiger partial charge on any atom is -0.327 e. The van der Waals surface area contributed by atoms with Gasteiger partial charge in [-0.1, -0.05) is 18.6 Å². The molecular weight excluding hydrogens is 86.1 g/mol. The van der Waals surface area contributed by atoms with Gasteiger partial charge in [0.05, 0.1) is 0 Å². The fourth-order valence-corrected chi connectivity index (χ4v) is 0.346. The van der Waals surface area contributed by atoms with Crippen molar-refractivity contribution in [2.45, 2.75) is 20.3 Å². The van der Waals surface area contributed by atoms with E-state index in [1.807, 2.05) is 6.08 Å². The molecule has 0 aromatic rings. The summed E-state index contributed by atoms with van der Waals surface area (Å²) in [7, 11) is 0. The van der Waals surface area contributed by atoms with Gasteiger partial charge in [0.15, 0.2) is 0 Å². The second kappa shape index (κ2) is 3.88. The highest BCUT2D eigenvalue weighted by atomic mass is 14.5. The van der Waals surface area contributed by atoms with Crippen molar-refractivity contribution < 1.29 is 0 Å². The third-order valence-electron chi connectivity index (χ3n) is 1.02. The lowest BCUT2D eigenvalue weighted by atomic mass is 10.2. The molecule has 2 N–H and O–H groups in total. The fraction of sp³-hybridized carbons (Fsp3) is 0.667. The van der Waals surface area contributed by atoms with Crippen LogP contribution in [-0.2, 0) is 0 Å². The number of nitrogens with two attached hydrogens (primary N) is 1. The summed E-state index contributed by atoms with van der Waals surface area (Å²) in [6.07, 6.45) is 3.16. The Balaban J connectivity index is 3.29. The highest BCUT2D eigenvalue weighted by Gasteiger charge is 1.76. The van der Waals surface area contributed by atoms with E-state index in [1.54, 1.807) is 0 Å². The maximum absolute atomic E-state index is 5.23. The molecule has 0 aliphatic carbocycles. The van der Waals surface area contributed by atoms with Gasteiger partial charge < -0.3 is 5.73 Å². The van der Waals surface area contributed by atoms with Crippen molar-refractivity contribution in [1.29, 1.82) is 0 Å². The Morgan fingerprint density at radius 3 is 2.43 bits per heavy atom. The Kier molecular flexibility index (Phi) is 3.71. The summed E-state index contributed by atoms with van der Waals surface area (Å²) in [6, 6.07) is 0. The van der Waals surface area contributed by atoms with Gasteiger partial charge in [-0.25, -0.2) is 0 Å². The van der Waals surface area contributed by atoms with Crippen molar-refractivity contribution >= 4 is 0 Å². The van der Waals surface area contributed by atoms with E-state index in [0.29, 0.717) is 6.54 Å². The number of hydrogen-bond acceptors (Lipinski definition) is 1. The van der Waals surface area contributed by atoms with Gasteiger partial charge >= 0.3 is 0 Å². The molecule has 0 aliphatic heterocycles. The summed E-state index contributed by atoms with van der Waals surface area (Å²) in [5.41, 5.74) is 6.61. The molecule has 0 aliphatic rings. The molecule has 0 rings (SSSR count). The van der Waals surface area contributed by atoms with Gasteiger partial charge in [-0.05, 0) is 13.3 Å². The van der Waals surface area contributed by atoms with Crippen LogP contribution < -0.4 is 5.73 Å². The predicted molar refractivity (Wildman–Crippen MR) is 33.1 cm³/mol. The first-order chi connectivity index (χ1) is 3.31. The summed E-state index contributed by atoms with van der Waals surface area (Å²) >= 11 is 0. The van der Waals surface area contributed by atoms with Crippen LogP contribution in [-0.4, -0.2) is 6.54 Å². The predicted octanol–water partition coefficient (Wildman–Crippen LogP) is 1.30. The third-order valence-corrected chi connectivity index (χ3v) is 1.02. The molecule has 1 nitrogen and oxygen atoms in total. The lowest BCUT2D eigenvalue weighted by molar-refractivity contribution is 1.07. The molecule has 0 fully saturated rings. The van der Waals surface area contributed by atoms with Crippen LogP contribution in [0.2, 0.25) is 0 Å². The summed E-state index contributed by atoms with van der Waals surface area (Å²) in [4.78, 5) is 0. The van der Waals surface area contributed by atoms with E-state index in [-0.39, 0.29) is 0 Å². The molecule has 0 amide bonds. The van der Waals surface area contributed by atoms with Gasteiger partial charge in [-0.2, -0.15) is 0 Å². The number of hydrogen-bond donors (Lipinski definition) is 1. The molecule has 1 heteroatoms. The lowest BCUT2D eigenvalue weighted by Gasteiger charge is -1.88. The summed E-state index contributed by atoms with van der Waals surface area (Å²) in [5.74, 6) is 0. The molecule has 42 valence electrons. The molecule has 0 atom stereocenters. The monoisotopic (exact) mass is 99.1 g/mol. The van der Waals surface area contributed by atoms with Gasteiger partial charge in [-0.15, -0.1) is 0 Å². The molecule has 0 spiro atoms.